The van der Waals surface area contributed by atoms with E-state index in [9.17, 15) is 4.79 Å². The molecule has 2 aliphatic rings. The van der Waals surface area contributed by atoms with Crippen LogP contribution in [0.5, 0.6) is 0 Å². The highest BCUT2D eigenvalue weighted by atomic mass is 32.2. The zero-order chi connectivity index (χ0) is 19.2. The predicted octanol–water partition coefficient (Wildman–Crippen LogP) is 3.61. The van der Waals surface area contributed by atoms with E-state index in [2.05, 4.69) is 59.5 Å². The molecule has 1 aromatic rings. The average Bonchev–Trinajstić information content (AvgIpc) is 2.72. The molecule has 3 rings (SSSR count). The highest BCUT2D eigenvalue weighted by Gasteiger charge is 2.31. The summed E-state index contributed by atoms with van der Waals surface area (Å²) in [6.07, 6.45) is 6.74. The second-order valence-electron chi connectivity index (χ2n) is 8.26. The van der Waals surface area contributed by atoms with Crippen molar-refractivity contribution >= 4 is 17.7 Å². The molecule has 0 aliphatic carbocycles. The molecule has 0 aromatic heterocycles. The lowest BCUT2D eigenvalue weighted by Crippen LogP contribution is -2.51. The van der Waals surface area contributed by atoms with Crippen molar-refractivity contribution in [3.63, 3.8) is 0 Å². The number of nitrogens with one attached hydrogen (secondary N) is 1. The quantitative estimate of drug-likeness (QED) is 0.754. The maximum absolute atomic E-state index is 12.7. The molecule has 2 fully saturated rings. The summed E-state index contributed by atoms with van der Waals surface area (Å²) in [7, 11) is 0. The van der Waals surface area contributed by atoms with Gasteiger partial charge in [-0.15, -0.1) is 11.8 Å². The van der Waals surface area contributed by atoms with E-state index in [0.29, 0.717) is 18.6 Å². The van der Waals surface area contributed by atoms with E-state index in [1.165, 1.54) is 36.4 Å². The van der Waals surface area contributed by atoms with Gasteiger partial charge in [0.1, 0.15) is 0 Å². The second kappa shape index (κ2) is 9.94. The summed E-state index contributed by atoms with van der Waals surface area (Å²) in [4.78, 5) is 19.1. The van der Waals surface area contributed by atoms with E-state index in [1.54, 1.807) is 11.8 Å². The Morgan fingerprint density at radius 1 is 1.15 bits per heavy atom. The SMILES string of the molecule is CSc1ccc(CNC(=O)[C@H]2CCCN(C3CCN(C(C)C)CC3)C2)cc1. The Labute approximate surface area is 169 Å². The van der Waals surface area contributed by atoms with Gasteiger partial charge < -0.3 is 10.2 Å². The van der Waals surface area contributed by atoms with Crippen molar-refractivity contribution in [2.45, 2.75) is 63.1 Å². The minimum absolute atomic E-state index is 0.146. The van der Waals surface area contributed by atoms with Crippen LogP contribution < -0.4 is 5.32 Å². The second-order valence-corrected chi connectivity index (χ2v) is 9.14. The fourth-order valence-corrected chi connectivity index (χ4v) is 4.80. The molecule has 0 unspecified atom stereocenters. The van der Waals surface area contributed by atoms with Crippen LogP contribution in [0.3, 0.4) is 0 Å². The van der Waals surface area contributed by atoms with Crippen molar-refractivity contribution in [3.8, 4) is 0 Å². The smallest absolute Gasteiger partial charge is 0.224 e. The number of piperidine rings is 2. The third-order valence-electron chi connectivity index (χ3n) is 6.20. The highest BCUT2D eigenvalue weighted by molar-refractivity contribution is 7.98. The largest absolute Gasteiger partial charge is 0.352 e. The van der Waals surface area contributed by atoms with Crippen molar-refractivity contribution in [3.05, 3.63) is 29.8 Å². The Bertz CT molecular complexity index is 596. The van der Waals surface area contributed by atoms with Crippen LogP contribution in [0.2, 0.25) is 0 Å². The van der Waals surface area contributed by atoms with E-state index in [-0.39, 0.29) is 11.8 Å². The predicted molar refractivity (Wildman–Crippen MR) is 114 cm³/mol. The van der Waals surface area contributed by atoms with Gasteiger partial charge in [-0.3, -0.25) is 9.69 Å². The Hall–Kier alpha value is -1.04. The van der Waals surface area contributed by atoms with Crippen molar-refractivity contribution in [1.82, 2.24) is 15.1 Å². The third kappa shape index (κ3) is 5.72. The summed E-state index contributed by atoms with van der Waals surface area (Å²) in [5, 5.41) is 3.17. The Morgan fingerprint density at radius 2 is 1.85 bits per heavy atom. The number of likely N-dealkylation sites (tertiary alicyclic amines) is 2. The van der Waals surface area contributed by atoms with Gasteiger partial charge in [0.25, 0.3) is 0 Å². The fraction of sp³-hybridized carbons (Fsp3) is 0.682. The minimum atomic E-state index is 0.146. The summed E-state index contributed by atoms with van der Waals surface area (Å²) in [5.74, 6) is 0.376. The number of amides is 1. The maximum atomic E-state index is 12.7. The molecule has 0 saturated carbocycles. The van der Waals surface area contributed by atoms with Crippen LogP contribution in [0, 0.1) is 5.92 Å². The van der Waals surface area contributed by atoms with Crippen LogP contribution in [-0.4, -0.2) is 60.2 Å². The number of carbonyl (C=O) groups is 1. The fourth-order valence-electron chi connectivity index (χ4n) is 4.40. The van der Waals surface area contributed by atoms with Gasteiger partial charge in [0, 0.05) is 30.1 Å². The topological polar surface area (TPSA) is 35.6 Å². The normalized spacial score (nSPS) is 22.9. The van der Waals surface area contributed by atoms with E-state index in [4.69, 9.17) is 0 Å². The summed E-state index contributed by atoms with van der Waals surface area (Å²) in [5.41, 5.74) is 1.18. The van der Waals surface area contributed by atoms with Gasteiger partial charge in [-0.25, -0.2) is 0 Å². The number of hydrogen-bond acceptors (Lipinski definition) is 4. The number of thioether (sulfide) groups is 1. The van der Waals surface area contributed by atoms with Crippen LogP contribution in [0.1, 0.15) is 45.1 Å². The molecule has 1 amide bonds. The Kier molecular flexibility index (Phi) is 7.62. The molecule has 0 radical (unpaired) electrons. The van der Waals surface area contributed by atoms with Crippen molar-refractivity contribution in [2.75, 3.05) is 32.4 Å². The lowest BCUT2D eigenvalue weighted by atomic mass is 9.93. The number of benzene rings is 1. The van der Waals surface area contributed by atoms with Gasteiger partial charge in [-0.1, -0.05) is 12.1 Å². The molecule has 27 heavy (non-hydrogen) atoms. The maximum Gasteiger partial charge on any atom is 0.224 e. The highest BCUT2D eigenvalue weighted by Crippen LogP contribution is 2.25. The zero-order valence-corrected chi connectivity index (χ0v) is 17.9. The molecule has 1 aromatic carbocycles. The first-order chi connectivity index (χ1) is 13.1. The molecule has 2 aliphatic heterocycles. The Morgan fingerprint density at radius 3 is 2.48 bits per heavy atom. The van der Waals surface area contributed by atoms with Crippen molar-refractivity contribution in [1.29, 1.82) is 0 Å². The van der Waals surface area contributed by atoms with Gasteiger partial charge in [-0.05, 0) is 83.1 Å². The van der Waals surface area contributed by atoms with Gasteiger partial charge in [-0.2, -0.15) is 0 Å². The third-order valence-corrected chi connectivity index (χ3v) is 6.94. The molecule has 1 atom stereocenters. The van der Waals surface area contributed by atoms with Crippen molar-refractivity contribution < 1.29 is 4.79 Å². The molecule has 0 bridgehead atoms. The van der Waals surface area contributed by atoms with Crippen LogP contribution >= 0.6 is 11.8 Å². The minimum Gasteiger partial charge on any atom is -0.352 e. The molecule has 1 N–H and O–H groups in total. The van der Waals surface area contributed by atoms with E-state index in [0.717, 1.165) is 25.9 Å². The van der Waals surface area contributed by atoms with Gasteiger partial charge in [0.05, 0.1) is 5.92 Å². The standard InChI is InChI=1S/C22H35N3OS/c1-17(2)24-13-10-20(11-14-24)25-12-4-5-19(16-25)22(26)23-15-18-6-8-21(27-3)9-7-18/h6-9,17,19-20H,4-5,10-16H2,1-3H3,(H,23,26)/t19-/m0/s1. The number of nitrogens with zero attached hydrogens (tertiary/aromatic N) is 2. The number of rotatable bonds is 6. The van der Waals surface area contributed by atoms with Gasteiger partial charge in [0.2, 0.25) is 5.91 Å². The molecular formula is C22H35N3OS. The van der Waals surface area contributed by atoms with Crippen LogP contribution in [0.25, 0.3) is 0 Å². The summed E-state index contributed by atoms with van der Waals surface area (Å²) in [6, 6.07) is 9.78. The van der Waals surface area contributed by atoms with Crippen LogP contribution in [0.15, 0.2) is 29.2 Å². The first-order valence-electron chi connectivity index (χ1n) is 10.5. The number of hydrogen-bond donors (Lipinski definition) is 1. The summed E-state index contributed by atoms with van der Waals surface area (Å²) < 4.78 is 0. The Balaban J connectivity index is 1.46. The summed E-state index contributed by atoms with van der Waals surface area (Å²) in [6.45, 7) is 9.70. The zero-order valence-electron chi connectivity index (χ0n) is 17.1. The monoisotopic (exact) mass is 389 g/mol. The van der Waals surface area contributed by atoms with E-state index >= 15 is 0 Å². The van der Waals surface area contributed by atoms with Crippen LogP contribution in [-0.2, 0) is 11.3 Å². The van der Waals surface area contributed by atoms with Crippen molar-refractivity contribution in [2.24, 2.45) is 5.92 Å². The first kappa shape index (κ1) is 20.7. The molecule has 2 heterocycles. The van der Waals surface area contributed by atoms with E-state index < -0.39 is 0 Å². The molecule has 150 valence electrons. The first-order valence-corrected chi connectivity index (χ1v) is 11.7. The number of carbonyl (C=O) groups excluding carboxylic acids is 1. The molecule has 5 heteroatoms. The lowest BCUT2D eigenvalue weighted by molar-refractivity contribution is -0.127. The molecule has 0 spiro atoms. The molecule has 2 saturated heterocycles. The average molecular weight is 390 g/mol. The van der Waals surface area contributed by atoms with E-state index in [1.807, 2.05) is 0 Å². The van der Waals surface area contributed by atoms with Gasteiger partial charge >= 0.3 is 0 Å². The molecular weight excluding hydrogens is 354 g/mol. The summed E-state index contributed by atoms with van der Waals surface area (Å²) >= 11 is 1.74. The van der Waals surface area contributed by atoms with Crippen LogP contribution in [0.4, 0.5) is 0 Å². The lowest BCUT2D eigenvalue weighted by Gasteiger charge is -2.43. The van der Waals surface area contributed by atoms with Gasteiger partial charge in [0.15, 0.2) is 0 Å². The molecule has 4 nitrogen and oxygen atoms in total.